The molecule has 106 valence electrons. The predicted octanol–water partition coefficient (Wildman–Crippen LogP) is 1.41. The standard InChI is InChI=1S/C13H19FN2O2S/c1-9-5-6-15-8-12(9)16-19(17,18)13-7-11(14)4-3-10(13)2/h3-4,7,9,12,15-16H,5-6,8H2,1-2H3/t9-,12+/m1/s1. The van der Waals surface area contributed by atoms with Crippen molar-refractivity contribution in [3.8, 4) is 0 Å². The molecule has 1 aromatic rings. The third kappa shape index (κ3) is 3.32. The van der Waals surface area contributed by atoms with Crippen molar-refractivity contribution in [3.05, 3.63) is 29.6 Å². The summed E-state index contributed by atoms with van der Waals surface area (Å²) in [6, 6.07) is 3.66. The number of rotatable bonds is 3. The van der Waals surface area contributed by atoms with Crippen LogP contribution < -0.4 is 10.0 Å². The molecule has 0 spiro atoms. The number of sulfonamides is 1. The van der Waals surface area contributed by atoms with Crippen LogP contribution in [0.1, 0.15) is 18.9 Å². The molecule has 2 rings (SSSR count). The fourth-order valence-electron chi connectivity index (χ4n) is 2.27. The fourth-order valence-corrected chi connectivity index (χ4v) is 3.87. The Morgan fingerprint density at radius 1 is 1.42 bits per heavy atom. The predicted molar refractivity (Wildman–Crippen MR) is 71.9 cm³/mol. The van der Waals surface area contributed by atoms with E-state index in [1.165, 1.54) is 12.1 Å². The highest BCUT2D eigenvalue weighted by molar-refractivity contribution is 7.89. The molecule has 4 nitrogen and oxygen atoms in total. The van der Waals surface area contributed by atoms with Gasteiger partial charge in [-0.1, -0.05) is 13.0 Å². The summed E-state index contributed by atoms with van der Waals surface area (Å²) >= 11 is 0. The van der Waals surface area contributed by atoms with Crippen LogP contribution in [0.2, 0.25) is 0 Å². The lowest BCUT2D eigenvalue weighted by molar-refractivity contribution is 0.327. The van der Waals surface area contributed by atoms with E-state index in [2.05, 4.69) is 10.0 Å². The van der Waals surface area contributed by atoms with Gasteiger partial charge in [0.05, 0.1) is 4.90 Å². The topological polar surface area (TPSA) is 58.2 Å². The molecule has 1 fully saturated rings. The number of aryl methyl sites for hydroxylation is 1. The minimum absolute atomic E-state index is 0.0188. The molecular formula is C13H19FN2O2S. The minimum atomic E-state index is -3.68. The van der Waals surface area contributed by atoms with E-state index in [9.17, 15) is 12.8 Å². The van der Waals surface area contributed by atoms with Crippen molar-refractivity contribution >= 4 is 10.0 Å². The molecule has 0 saturated carbocycles. The van der Waals surface area contributed by atoms with Crippen molar-refractivity contribution in [2.24, 2.45) is 5.92 Å². The van der Waals surface area contributed by atoms with Crippen molar-refractivity contribution in [2.45, 2.75) is 31.2 Å². The van der Waals surface area contributed by atoms with Crippen molar-refractivity contribution in [3.63, 3.8) is 0 Å². The molecule has 0 bridgehead atoms. The van der Waals surface area contributed by atoms with Crippen LogP contribution in [0.5, 0.6) is 0 Å². The first-order chi connectivity index (χ1) is 8.90. The van der Waals surface area contributed by atoms with Gasteiger partial charge in [-0.2, -0.15) is 0 Å². The first kappa shape index (κ1) is 14.4. The summed E-state index contributed by atoms with van der Waals surface area (Å²) in [6.45, 7) is 5.19. The van der Waals surface area contributed by atoms with Gasteiger partial charge in [-0.25, -0.2) is 17.5 Å². The Labute approximate surface area is 113 Å². The van der Waals surface area contributed by atoms with Gasteiger partial charge in [0.15, 0.2) is 0 Å². The Morgan fingerprint density at radius 3 is 2.84 bits per heavy atom. The van der Waals surface area contributed by atoms with Gasteiger partial charge in [0.2, 0.25) is 10.0 Å². The highest BCUT2D eigenvalue weighted by Gasteiger charge is 2.27. The normalized spacial score (nSPS) is 24.4. The molecule has 1 saturated heterocycles. The zero-order chi connectivity index (χ0) is 14.0. The minimum Gasteiger partial charge on any atom is -0.315 e. The van der Waals surface area contributed by atoms with Crippen molar-refractivity contribution in [1.29, 1.82) is 0 Å². The van der Waals surface area contributed by atoms with Crippen LogP contribution in [0.3, 0.4) is 0 Å². The summed E-state index contributed by atoms with van der Waals surface area (Å²) in [6.07, 6.45) is 0.926. The highest BCUT2D eigenvalue weighted by atomic mass is 32.2. The second-order valence-electron chi connectivity index (χ2n) is 5.11. The van der Waals surface area contributed by atoms with E-state index in [0.717, 1.165) is 19.0 Å². The number of halogens is 1. The van der Waals surface area contributed by atoms with Gasteiger partial charge in [-0.05, 0) is 43.5 Å². The van der Waals surface area contributed by atoms with Gasteiger partial charge in [-0.15, -0.1) is 0 Å². The van der Waals surface area contributed by atoms with Gasteiger partial charge in [-0.3, -0.25) is 0 Å². The van der Waals surface area contributed by atoms with Crippen molar-refractivity contribution in [1.82, 2.24) is 10.0 Å². The van der Waals surface area contributed by atoms with Crippen LogP contribution in [-0.4, -0.2) is 27.5 Å². The average Bonchev–Trinajstić information content (AvgIpc) is 2.35. The third-order valence-electron chi connectivity index (χ3n) is 3.57. The van der Waals surface area contributed by atoms with Crippen molar-refractivity contribution < 1.29 is 12.8 Å². The van der Waals surface area contributed by atoms with E-state index in [4.69, 9.17) is 0 Å². The lowest BCUT2D eigenvalue weighted by Gasteiger charge is -2.30. The summed E-state index contributed by atoms with van der Waals surface area (Å²) in [5, 5.41) is 3.16. The molecule has 1 aliphatic rings. The molecule has 1 heterocycles. The summed E-state index contributed by atoms with van der Waals surface area (Å²) in [5.41, 5.74) is 0.547. The first-order valence-corrected chi connectivity index (χ1v) is 7.87. The monoisotopic (exact) mass is 286 g/mol. The molecule has 2 atom stereocenters. The maximum absolute atomic E-state index is 13.2. The van der Waals surface area contributed by atoms with Crippen LogP contribution in [0, 0.1) is 18.7 Å². The van der Waals surface area contributed by atoms with E-state index < -0.39 is 15.8 Å². The molecule has 0 aromatic heterocycles. The van der Waals surface area contributed by atoms with Gasteiger partial charge in [0.25, 0.3) is 0 Å². The van der Waals surface area contributed by atoms with Crippen molar-refractivity contribution in [2.75, 3.05) is 13.1 Å². The van der Waals surface area contributed by atoms with Crippen LogP contribution in [0.4, 0.5) is 4.39 Å². The average molecular weight is 286 g/mol. The molecule has 1 aliphatic heterocycles. The van der Waals surface area contributed by atoms with E-state index in [1.54, 1.807) is 6.92 Å². The Balaban J connectivity index is 2.24. The smallest absolute Gasteiger partial charge is 0.241 e. The molecule has 0 unspecified atom stereocenters. The Kier molecular flexibility index (Phi) is 4.23. The van der Waals surface area contributed by atoms with E-state index in [-0.39, 0.29) is 16.9 Å². The first-order valence-electron chi connectivity index (χ1n) is 6.39. The zero-order valence-corrected chi connectivity index (χ0v) is 11.9. The third-order valence-corrected chi connectivity index (χ3v) is 5.21. The molecule has 0 radical (unpaired) electrons. The number of nitrogens with one attached hydrogen (secondary N) is 2. The molecule has 6 heteroatoms. The lowest BCUT2D eigenvalue weighted by Crippen LogP contribution is -2.50. The number of benzene rings is 1. The molecule has 2 N–H and O–H groups in total. The second-order valence-corrected chi connectivity index (χ2v) is 6.79. The fraction of sp³-hybridized carbons (Fsp3) is 0.538. The number of hydrogen-bond acceptors (Lipinski definition) is 3. The number of hydrogen-bond donors (Lipinski definition) is 2. The quantitative estimate of drug-likeness (QED) is 0.883. The lowest BCUT2D eigenvalue weighted by atomic mass is 9.96. The maximum Gasteiger partial charge on any atom is 0.241 e. The summed E-state index contributed by atoms with van der Waals surface area (Å²) < 4.78 is 40.5. The molecule has 0 amide bonds. The Morgan fingerprint density at radius 2 is 2.16 bits per heavy atom. The van der Waals surface area contributed by atoms with Gasteiger partial charge < -0.3 is 5.32 Å². The largest absolute Gasteiger partial charge is 0.315 e. The summed E-state index contributed by atoms with van der Waals surface area (Å²) in [4.78, 5) is 0.0188. The number of piperidine rings is 1. The Bertz CT molecular complexity index is 560. The molecule has 19 heavy (non-hydrogen) atoms. The van der Waals surface area contributed by atoms with Crippen LogP contribution >= 0.6 is 0 Å². The van der Waals surface area contributed by atoms with Gasteiger partial charge in [0, 0.05) is 12.6 Å². The second kappa shape index (κ2) is 5.56. The van der Waals surface area contributed by atoms with Gasteiger partial charge >= 0.3 is 0 Å². The maximum atomic E-state index is 13.2. The SMILES string of the molecule is Cc1ccc(F)cc1S(=O)(=O)N[C@H]1CNCC[C@H]1C. The molecule has 0 aliphatic carbocycles. The summed E-state index contributed by atoms with van der Waals surface area (Å²) in [5.74, 6) is -0.273. The Hall–Kier alpha value is -0.980. The highest BCUT2D eigenvalue weighted by Crippen LogP contribution is 2.19. The van der Waals surface area contributed by atoms with Crippen LogP contribution in [-0.2, 0) is 10.0 Å². The van der Waals surface area contributed by atoms with Gasteiger partial charge in [0.1, 0.15) is 5.82 Å². The summed E-state index contributed by atoms with van der Waals surface area (Å²) in [7, 11) is -3.68. The van der Waals surface area contributed by atoms with Crippen LogP contribution in [0.25, 0.3) is 0 Å². The van der Waals surface area contributed by atoms with Crippen LogP contribution in [0.15, 0.2) is 23.1 Å². The zero-order valence-electron chi connectivity index (χ0n) is 11.1. The molecular weight excluding hydrogens is 267 g/mol. The van der Waals surface area contributed by atoms with E-state index in [1.807, 2.05) is 6.92 Å². The van der Waals surface area contributed by atoms with E-state index >= 15 is 0 Å². The van der Waals surface area contributed by atoms with E-state index in [0.29, 0.717) is 12.1 Å². The molecule has 1 aromatic carbocycles.